The van der Waals surface area contributed by atoms with Crippen LogP contribution in [0.2, 0.25) is 0 Å². The average Bonchev–Trinajstić information content (AvgIpc) is 2.47. The molecule has 4 heteroatoms. The van der Waals surface area contributed by atoms with Gasteiger partial charge in [-0.25, -0.2) is 0 Å². The maximum absolute atomic E-state index is 10.7. The molecular weight excluding hydrogens is 266 g/mol. The number of carboxylic acid groups (broad SMARTS) is 1. The lowest BCUT2D eigenvalue weighted by molar-refractivity contribution is -0.137. The number of hydrogen-bond acceptors (Lipinski definition) is 3. The highest BCUT2D eigenvalue weighted by molar-refractivity contribution is 5.68. The first kappa shape index (κ1) is 20.1. The molecule has 123 valence electrons. The van der Waals surface area contributed by atoms with E-state index in [-0.39, 0.29) is 6.42 Å². The molecule has 0 aromatic heterocycles. The summed E-state index contributed by atoms with van der Waals surface area (Å²) >= 11 is 0. The van der Waals surface area contributed by atoms with Gasteiger partial charge in [0.05, 0.1) is 6.04 Å². The molecule has 0 aliphatic carbocycles. The summed E-state index contributed by atoms with van der Waals surface area (Å²) in [5.41, 5.74) is 0. The molecule has 1 radical (unpaired) electrons. The highest BCUT2D eigenvalue weighted by Crippen LogP contribution is 2.10. The van der Waals surface area contributed by atoms with Gasteiger partial charge in [-0.15, -0.1) is 0 Å². The van der Waals surface area contributed by atoms with Gasteiger partial charge in [-0.1, -0.05) is 64.7 Å². The van der Waals surface area contributed by atoms with E-state index in [0.717, 1.165) is 13.0 Å². The monoisotopic (exact) mass is 298 g/mol. The third kappa shape index (κ3) is 15.3. The first-order valence-corrected chi connectivity index (χ1v) is 8.53. The Hall–Kier alpha value is -0.900. The molecule has 0 aliphatic heterocycles. The standard InChI is InChI=1S/C17H32NO3/c1-2-3-4-5-6-7-8-9-10-11-14-18-16(15-19)12-13-17(20)21/h16,18H,2-14H2,1H3,(H,20,21)/t16-/m0/s1. The smallest absolute Gasteiger partial charge is 0.303 e. The Morgan fingerprint density at radius 1 is 1.00 bits per heavy atom. The lowest BCUT2D eigenvalue weighted by atomic mass is 10.1. The number of carbonyl (C=O) groups is 1. The van der Waals surface area contributed by atoms with Crippen LogP contribution in [0, 0.1) is 0 Å². The molecule has 21 heavy (non-hydrogen) atoms. The molecule has 0 unspecified atom stereocenters. The van der Waals surface area contributed by atoms with Crippen LogP contribution >= 0.6 is 0 Å². The Morgan fingerprint density at radius 3 is 2.00 bits per heavy atom. The van der Waals surface area contributed by atoms with Gasteiger partial charge in [0.25, 0.3) is 0 Å². The van der Waals surface area contributed by atoms with Crippen molar-refractivity contribution in [1.82, 2.24) is 5.32 Å². The Bertz CT molecular complexity index is 256. The first-order chi connectivity index (χ1) is 10.2. The van der Waals surface area contributed by atoms with Crippen molar-refractivity contribution in [2.75, 3.05) is 6.54 Å². The van der Waals surface area contributed by atoms with Crippen LogP contribution < -0.4 is 5.32 Å². The van der Waals surface area contributed by atoms with E-state index in [1.165, 1.54) is 57.8 Å². The zero-order chi connectivity index (χ0) is 15.8. The van der Waals surface area contributed by atoms with Crippen LogP contribution in [0.25, 0.3) is 0 Å². The van der Waals surface area contributed by atoms with Crippen molar-refractivity contribution < 1.29 is 14.7 Å². The molecule has 0 fully saturated rings. The molecule has 1 atom stereocenters. The van der Waals surface area contributed by atoms with Crippen molar-refractivity contribution in [3.8, 4) is 0 Å². The predicted octanol–water partition coefficient (Wildman–Crippen LogP) is 3.84. The highest BCUT2D eigenvalue weighted by Gasteiger charge is 2.09. The average molecular weight is 298 g/mol. The fourth-order valence-corrected chi connectivity index (χ4v) is 2.36. The van der Waals surface area contributed by atoms with Gasteiger partial charge in [0, 0.05) is 6.42 Å². The molecule has 0 rings (SSSR count). The molecule has 0 amide bonds. The minimum Gasteiger partial charge on any atom is -0.481 e. The second-order valence-corrected chi connectivity index (χ2v) is 5.74. The van der Waals surface area contributed by atoms with Gasteiger partial charge in [-0.2, -0.15) is 0 Å². The molecule has 0 saturated carbocycles. The van der Waals surface area contributed by atoms with Crippen molar-refractivity contribution in [2.24, 2.45) is 0 Å². The largest absolute Gasteiger partial charge is 0.481 e. The van der Waals surface area contributed by atoms with Crippen molar-refractivity contribution in [2.45, 2.75) is 90.0 Å². The number of carboxylic acids is 1. The van der Waals surface area contributed by atoms with Crippen LogP contribution in [0.3, 0.4) is 0 Å². The second-order valence-electron chi connectivity index (χ2n) is 5.74. The zero-order valence-electron chi connectivity index (χ0n) is 13.5. The minimum atomic E-state index is -0.865. The van der Waals surface area contributed by atoms with Gasteiger partial charge in [-0.3, -0.25) is 9.59 Å². The minimum absolute atomic E-state index is 0.0188. The number of unbranched alkanes of at least 4 members (excludes halogenated alkanes) is 9. The Labute approximate surface area is 129 Å². The lowest BCUT2D eigenvalue weighted by Gasteiger charge is -2.10. The Kier molecular flexibility index (Phi) is 14.8. The zero-order valence-corrected chi connectivity index (χ0v) is 13.5. The number of aliphatic carboxylic acids is 1. The van der Waals surface area contributed by atoms with E-state index in [9.17, 15) is 9.59 Å². The van der Waals surface area contributed by atoms with Gasteiger partial charge < -0.3 is 10.4 Å². The van der Waals surface area contributed by atoms with E-state index >= 15 is 0 Å². The molecule has 0 saturated heterocycles. The van der Waals surface area contributed by atoms with Crippen LogP contribution in [-0.4, -0.2) is 29.9 Å². The van der Waals surface area contributed by atoms with Gasteiger partial charge in [0.1, 0.15) is 0 Å². The Morgan fingerprint density at radius 2 is 1.52 bits per heavy atom. The number of hydrogen-bond donors (Lipinski definition) is 2. The van der Waals surface area contributed by atoms with Crippen molar-refractivity contribution >= 4 is 12.3 Å². The van der Waals surface area contributed by atoms with E-state index < -0.39 is 12.0 Å². The summed E-state index contributed by atoms with van der Waals surface area (Å²) in [5, 5.41) is 11.6. The molecule has 4 nitrogen and oxygen atoms in total. The van der Waals surface area contributed by atoms with Crippen molar-refractivity contribution in [1.29, 1.82) is 0 Å². The van der Waals surface area contributed by atoms with Crippen LogP contribution in [0.1, 0.15) is 84.0 Å². The summed E-state index contributed by atoms with van der Waals surface area (Å²) in [5.74, 6) is -0.865. The third-order valence-corrected chi connectivity index (χ3v) is 3.71. The Balaban J connectivity index is 3.26. The molecule has 0 aromatic carbocycles. The summed E-state index contributed by atoms with van der Waals surface area (Å²) in [6.45, 7) is 3.01. The maximum Gasteiger partial charge on any atom is 0.303 e. The third-order valence-electron chi connectivity index (χ3n) is 3.71. The molecular formula is C17H32NO3. The predicted molar refractivity (Wildman–Crippen MR) is 86.2 cm³/mol. The van der Waals surface area contributed by atoms with Gasteiger partial charge in [0.2, 0.25) is 6.29 Å². The highest BCUT2D eigenvalue weighted by atomic mass is 16.4. The molecule has 2 N–H and O–H groups in total. The summed E-state index contributed by atoms with van der Waals surface area (Å²) in [6, 6.07) is -0.431. The number of carbonyl (C=O) groups excluding carboxylic acids is 1. The van der Waals surface area contributed by atoms with Crippen molar-refractivity contribution in [3.63, 3.8) is 0 Å². The van der Waals surface area contributed by atoms with E-state index in [2.05, 4.69) is 12.2 Å². The summed E-state index contributed by atoms with van der Waals surface area (Å²) < 4.78 is 0. The molecule has 0 spiro atoms. The van der Waals surface area contributed by atoms with Gasteiger partial charge in [-0.05, 0) is 19.4 Å². The fraction of sp³-hybridized carbons (Fsp3) is 0.882. The number of nitrogens with one attached hydrogen (secondary N) is 1. The quantitative estimate of drug-likeness (QED) is 0.425. The van der Waals surface area contributed by atoms with Gasteiger partial charge >= 0.3 is 5.97 Å². The normalized spacial score (nSPS) is 12.2. The van der Waals surface area contributed by atoms with E-state index in [4.69, 9.17) is 5.11 Å². The number of rotatable bonds is 16. The fourth-order valence-electron chi connectivity index (χ4n) is 2.36. The van der Waals surface area contributed by atoms with E-state index in [1.807, 2.05) is 6.29 Å². The van der Waals surface area contributed by atoms with E-state index in [0.29, 0.717) is 6.42 Å². The summed E-state index contributed by atoms with van der Waals surface area (Å²) in [4.78, 5) is 21.1. The lowest BCUT2D eigenvalue weighted by Crippen LogP contribution is -2.31. The van der Waals surface area contributed by atoms with Crippen LogP contribution in [0.5, 0.6) is 0 Å². The SMILES string of the molecule is CCCCCCCCCCCCN[C@H]([C]=O)CCC(=O)O. The molecule has 0 aromatic rings. The molecule has 0 aliphatic rings. The first-order valence-electron chi connectivity index (χ1n) is 8.53. The summed E-state index contributed by atoms with van der Waals surface area (Å²) in [7, 11) is 0. The summed E-state index contributed by atoms with van der Waals surface area (Å²) in [6.07, 6.45) is 15.1. The maximum atomic E-state index is 10.7. The molecule has 0 bridgehead atoms. The van der Waals surface area contributed by atoms with Gasteiger partial charge in [0.15, 0.2) is 0 Å². The second kappa shape index (κ2) is 15.5. The van der Waals surface area contributed by atoms with Crippen LogP contribution in [0.4, 0.5) is 0 Å². The van der Waals surface area contributed by atoms with Crippen LogP contribution in [0.15, 0.2) is 0 Å². The van der Waals surface area contributed by atoms with Crippen molar-refractivity contribution in [3.05, 3.63) is 0 Å². The molecule has 0 heterocycles. The topological polar surface area (TPSA) is 66.4 Å². The van der Waals surface area contributed by atoms with Crippen LogP contribution in [-0.2, 0) is 9.59 Å². The van der Waals surface area contributed by atoms with E-state index in [1.54, 1.807) is 0 Å².